The summed E-state index contributed by atoms with van der Waals surface area (Å²) in [4.78, 5) is 11.3. The predicted octanol–water partition coefficient (Wildman–Crippen LogP) is 3.29. The number of hydrogen-bond donors (Lipinski definition) is 0. The fourth-order valence-corrected chi connectivity index (χ4v) is 3.51. The minimum atomic E-state index is -0.0257. The fourth-order valence-electron chi connectivity index (χ4n) is 2.43. The Bertz CT molecular complexity index is 711. The summed E-state index contributed by atoms with van der Waals surface area (Å²) in [7, 11) is 0. The summed E-state index contributed by atoms with van der Waals surface area (Å²) in [5, 5.41) is 12.0. The fraction of sp³-hybridized carbons (Fsp3) is 0.471. The van der Waals surface area contributed by atoms with Crippen LogP contribution in [0.5, 0.6) is 0 Å². The van der Waals surface area contributed by atoms with Crippen molar-refractivity contribution >= 4 is 17.2 Å². The Balaban J connectivity index is 1.75. The van der Waals surface area contributed by atoms with Crippen molar-refractivity contribution in [3.8, 4) is 6.07 Å². The van der Waals surface area contributed by atoms with Gasteiger partial charge < -0.3 is 9.64 Å². The molecule has 0 saturated carbocycles. The number of hydrogen-bond acceptors (Lipinski definition) is 6. The van der Waals surface area contributed by atoms with Gasteiger partial charge in [0.25, 0.3) is 0 Å². The second-order valence-corrected chi connectivity index (χ2v) is 7.53. The molecule has 2 aromatic rings. The van der Waals surface area contributed by atoms with E-state index in [2.05, 4.69) is 42.1 Å². The molecular weight excluding hydrogens is 308 g/mol. The number of aromatic nitrogens is 2. The van der Waals surface area contributed by atoms with E-state index in [1.165, 1.54) is 0 Å². The lowest BCUT2D eigenvalue weighted by Gasteiger charge is -2.32. The molecule has 0 bridgehead atoms. The maximum absolute atomic E-state index is 8.87. The topological polar surface area (TPSA) is 62.0 Å². The molecule has 0 aromatic carbocycles. The first kappa shape index (κ1) is 15.9. The highest BCUT2D eigenvalue weighted by molar-refractivity contribution is 7.09. The van der Waals surface area contributed by atoms with Gasteiger partial charge in [0.1, 0.15) is 23.0 Å². The van der Waals surface area contributed by atoms with E-state index >= 15 is 0 Å². The van der Waals surface area contributed by atoms with Crippen molar-refractivity contribution in [2.45, 2.75) is 32.3 Å². The van der Waals surface area contributed by atoms with Gasteiger partial charge in [-0.3, -0.25) is 0 Å². The highest BCUT2D eigenvalue weighted by atomic mass is 32.1. The molecule has 1 fully saturated rings. The monoisotopic (exact) mass is 328 g/mol. The van der Waals surface area contributed by atoms with Crippen molar-refractivity contribution in [2.75, 3.05) is 24.6 Å². The van der Waals surface area contributed by atoms with Crippen LogP contribution in [0.25, 0.3) is 0 Å². The smallest absolute Gasteiger partial charge is 0.128 e. The zero-order valence-electron chi connectivity index (χ0n) is 13.6. The Morgan fingerprint density at radius 3 is 2.83 bits per heavy atom. The predicted molar refractivity (Wildman–Crippen MR) is 90.7 cm³/mol. The Morgan fingerprint density at radius 2 is 2.22 bits per heavy atom. The van der Waals surface area contributed by atoms with Crippen molar-refractivity contribution < 1.29 is 4.74 Å². The van der Waals surface area contributed by atoms with Gasteiger partial charge >= 0.3 is 0 Å². The zero-order valence-corrected chi connectivity index (χ0v) is 14.4. The summed E-state index contributed by atoms with van der Waals surface area (Å²) < 4.78 is 5.91. The summed E-state index contributed by atoms with van der Waals surface area (Å²) in [6, 6.07) is 5.79. The number of anilines is 1. The molecule has 0 unspecified atom stereocenters. The van der Waals surface area contributed by atoms with Gasteiger partial charge in [-0.05, 0) is 12.1 Å². The molecule has 3 heterocycles. The van der Waals surface area contributed by atoms with Crippen LogP contribution < -0.4 is 4.90 Å². The van der Waals surface area contributed by atoms with Gasteiger partial charge in [-0.2, -0.15) is 5.26 Å². The van der Waals surface area contributed by atoms with E-state index in [1.807, 2.05) is 6.07 Å². The van der Waals surface area contributed by atoms with Gasteiger partial charge in [0.2, 0.25) is 0 Å². The number of pyridine rings is 1. The largest absolute Gasteiger partial charge is 0.367 e. The highest BCUT2D eigenvalue weighted by Crippen LogP contribution is 2.31. The highest BCUT2D eigenvalue weighted by Gasteiger charge is 2.27. The molecule has 1 aliphatic rings. The maximum atomic E-state index is 8.87. The first-order valence-corrected chi connectivity index (χ1v) is 8.54. The van der Waals surface area contributed by atoms with E-state index in [4.69, 9.17) is 15.0 Å². The quantitative estimate of drug-likeness (QED) is 0.846. The summed E-state index contributed by atoms with van der Waals surface area (Å²) >= 11 is 1.66. The van der Waals surface area contributed by atoms with Crippen molar-refractivity contribution in [1.82, 2.24) is 9.97 Å². The summed E-state index contributed by atoms with van der Waals surface area (Å²) in [6.45, 7) is 8.68. The molecule has 23 heavy (non-hydrogen) atoms. The van der Waals surface area contributed by atoms with Gasteiger partial charge in [-0.1, -0.05) is 20.8 Å². The third-order valence-corrected chi connectivity index (χ3v) is 4.77. The van der Waals surface area contributed by atoms with Crippen LogP contribution in [0.15, 0.2) is 23.7 Å². The SMILES string of the molecule is CC(C)(C)c1csc([C@H]2CN(c3ccc(C#N)cn3)CCO2)n1. The number of nitrogens with zero attached hydrogens (tertiary/aromatic N) is 4. The van der Waals surface area contributed by atoms with Crippen LogP contribution in [0.4, 0.5) is 5.82 Å². The maximum Gasteiger partial charge on any atom is 0.128 e. The van der Waals surface area contributed by atoms with Crippen molar-refractivity contribution in [3.63, 3.8) is 0 Å². The van der Waals surface area contributed by atoms with E-state index < -0.39 is 0 Å². The summed E-state index contributed by atoms with van der Waals surface area (Å²) in [6.07, 6.45) is 1.59. The molecule has 0 spiro atoms. The molecule has 0 N–H and O–H groups in total. The first-order chi connectivity index (χ1) is 11.0. The number of ether oxygens (including phenoxy) is 1. The Kier molecular flexibility index (Phi) is 4.33. The lowest BCUT2D eigenvalue weighted by molar-refractivity contribution is 0.0392. The van der Waals surface area contributed by atoms with E-state index in [-0.39, 0.29) is 11.5 Å². The Hall–Kier alpha value is -1.97. The van der Waals surface area contributed by atoms with Crippen LogP contribution in [0.2, 0.25) is 0 Å². The van der Waals surface area contributed by atoms with Crippen LogP contribution in [-0.4, -0.2) is 29.7 Å². The third-order valence-electron chi connectivity index (χ3n) is 3.83. The molecule has 1 atom stereocenters. The molecule has 1 aliphatic heterocycles. The van der Waals surface area contributed by atoms with Crippen LogP contribution in [0, 0.1) is 11.3 Å². The van der Waals surface area contributed by atoms with Gasteiger partial charge in [-0.15, -0.1) is 11.3 Å². The van der Waals surface area contributed by atoms with Crippen molar-refractivity contribution in [1.29, 1.82) is 5.26 Å². The molecule has 2 aromatic heterocycles. The molecule has 0 radical (unpaired) electrons. The van der Waals surface area contributed by atoms with E-state index in [0.717, 1.165) is 29.6 Å². The van der Waals surface area contributed by atoms with Crippen LogP contribution in [0.3, 0.4) is 0 Å². The number of morpholine rings is 1. The van der Waals surface area contributed by atoms with E-state index in [9.17, 15) is 0 Å². The molecule has 3 rings (SSSR count). The third kappa shape index (κ3) is 3.52. The van der Waals surface area contributed by atoms with Crippen LogP contribution in [-0.2, 0) is 10.2 Å². The van der Waals surface area contributed by atoms with E-state index in [0.29, 0.717) is 12.2 Å². The van der Waals surface area contributed by atoms with E-state index in [1.54, 1.807) is 23.6 Å². The van der Waals surface area contributed by atoms with Gasteiger partial charge in [0.05, 0.1) is 24.4 Å². The minimum Gasteiger partial charge on any atom is -0.367 e. The second-order valence-electron chi connectivity index (χ2n) is 6.64. The molecule has 5 nitrogen and oxygen atoms in total. The molecule has 0 aliphatic carbocycles. The number of nitriles is 1. The molecule has 1 saturated heterocycles. The lowest BCUT2D eigenvalue weighted by Crippen LogP contribution is -2.38. The Morgan fingerprint density at radius 1 is 1.39 bits per heavy atom. The molecular formula is C17H20N4OS. The van der Waals surface area contributed by atoms with Crippen LogP contribution >= 0.6 is 11.3 Å². The Labute approximate surface area is 140 Å². The molecule has 0 amide bonds. The average molecular weight is 328 g/mol. The number of rotatable bonds is 2. The summed E-state index contributed by atoms with van der Waals surface area (Å²) in [5.41, 5.74) is 1.74. The molecule has 120 valence electrons. The second kappa shape index (κ2) is 6.26. The first-order valence-electron chi connectivity index (χ1n) is 7.66. The lowest BCUT2D eigenvalue weighted by atomic mass is 9.93. The van der Waals surface area contributed by atoms with Crippen molar-refractivity contribution in [3.05, 3.63) is 40.0 Å². The van der Waals surface area contributed by atoms with Gasteiger partial charge in [-0.25, -0.2) is 9.97 Å². The van der Waals surface area contributed by atoms with Crippen molar-refractivity contribution in [2.24, 2.45) is 0 Å². The zero-order chi connectivity index (χ0) is 16.4. The average Bonchev–Trinajstić information content (AvgIpc) is 3.05. The van der Waals surface area contributed by atoms with Crippen LogP contribution in [0.1, 0.15) is 43.1 Å². The molecule has 6 heteroatoms. The standard InChI is InChI=1S/C17H20N4OS/c1-17(2,3)14-11-23-16(20-14)13-10-21(6-7-22-13)15-5-4-12(8-18)9-19-15/h4-5,9,11,13H,6-7,10H2,1-3H3/t13-/m1/s1. The van der Waals surface area contributed by atoms with Gasteiger partial charge in [0.15, 0.2) is 0 Å². The minimum absolute atomic E-state index is 0.0257. The number of thiazole rings is 1. The van der Waals surface area contributed by atoms with Gasteiger partial charge in [0, 0.05) is 23.5 Å². The normalized spacial score (nSPS) is 18.7. The summed E-state index contributed by atoms with van der Waals surface area (Å²) in [5.74, 6) is 0.880.